The lowest BCUT2D eigenvalue weighted by Crippen LogP contribution is -2.32. The lowest BCUT2D eigenvalue weighted by Gasteiger charge is -2.23. The molecule has 0 radical (unpaired) electrons. The normalized spacial score (nSPS) is 14.0. The highest BCUT2D eigenvalue weighted by atomic mass is 32.1. The standard InChI is InChI=1S/C29H28FN3O2S/c1-18(34)33(2)16-25-24(23-8-3-4-9-26(23)31-29(25)21-12-13-36-17-21)15-27(35)32-28(19-10-11-19)20-6-5-7-22(30)14-20/h3-9,12-14,17,19,28H,10-11,15-16H2,1-2H3,(H,32,35)/t28-/m0/s1. The molecule has 2 heterocycles. The molecule has 1 aliphatic carbocycles. The fourth-order valence-electron chi connectivity index (χ4n) is 4.67. The van der Waals surface area contributed by atoms with Crippen molar-refractivity contribution < 1.29 is 14.0 Å². The van der Waals surface area contributed by atoms with Gasteiger partial charge in [0.1, 0.15) is 5.82 Å². The van der Waals surface area contributed by atoms with Gasteiger partial charge in [0.2, 0.25) is 11.8 Å². The molecule has 1 atom stereocenters. The summed E-state index contributed by atoms with van der Waals surface area (Å²) in [5.41, 5.74) is 5.08. The monoisotopic (exact) mass is 501 g/mol. The minimum Gasteiger partial charge on any atom is -0.349 e. The van der Waals surface area contributed by atoms with Gasteiger partial charge in [-0.3, -0.25) is 9.59 Å². The zero-order valence-corrected chi connectivity index (χ0v) is 21.1. The molecule has 1 aliphatic rings. The van der Waals surface area contributed by atoms with Crippen molar-refractivity contribution in [2.45, 2.75) is 38.8 Å². The molecule has 36 heavy (non-hydrogen) atoms. The van der Waals surface area contributed by atoms with Crippen molar-refractivity contribution in [3.63, 3.8) is 0 Å². The van der Waals surface area contributed by atoms with Crippen molar-refractivity contribution in [1.82, 2.24) is 15.2 Å². The number of fused-ring (bicyclic) bond motifs is 1. The molecule has 5 rings (SSSR count). The summed E-state index contributed by atoms with van der Waals surface area (Å²) in [5, 5.41) is 8.11. The Hall–Kier alpha value is -3.58. The first-order valence-corrected chi connectivity index (χ1v) is 13.0. The molecule has 0 spiro atoms. The number of thiophene rings is 1. The number of aromatic nitrogens is 1. The third-order valence-corrected chi connectivity index (χ3v) is 7.48. The van der Waals surface area contributed by atoms with Gasteiger partial charge < -0.3 is 10.2 Å². The van der Waals surface area contributed by atoms with Gasteiger partial charge in [-0.2, -0.15) is 11.3 Å². The number of nitrogens with one attached hydrogen (secondary N) is 1. The Labute approximate surface area is 214 Å². The van der Waals surface area contributed by atoms with E-state index in [1.54, 1.807) is 29.4 Å². The molecule has 184 valence electrons. The van der Waals surface area contributed by atoms with E-state index >= 15 is 0 Å². The van der Waals surface area contributed by atoms with Gasteiger partial charge in [-0.15, -0.1) is 0 Å². The van der Waals surface area contributed by atoms with Gasteiger partial charge in [0.25, 0.3) is 0 Å². The minimum absolute atomic E-state index is 0.0604. The molecule has 2 amide bonds. The first-order chi connectivity index (χ1) is 17.4. The SMILES string of the molecule is CC(=O)N(C)Cc1c(-c2ccsc2)nc2ccccc2c1CC(=O)N[C@H](c1cccc(F)c1)C1CC1. The Morgan fingerprint density at radius 1 is 1.14 bits per heavy atom. The fraction of sp³-hybridized carbons (Fsp3) is 0.276. The number of pyridine rings is 1. The maximum absolute atomic E-state index is 13.9. The number of carbonyl (C=O) groups excluding carboxylic acids is 2. The number of nitrogens with zero attached hydrogens (tertiary/aromatic N) is 2. The van der Waals surface area contributed by atoms with Crippen LogP contribution >= 0.6 is 11.3 Å². The summed E-state index contributed by atoms with van der Waals surface area (Å²) < 4.78 is 13.9. The topological polar surface area (TPSA) is 62.3 Å². The Bertz CT molecular complexity index is 1420. The summed E-state index contributed by atoms with van der Waals surface area (Å²) in [7, 11) is 1.76. The van der Waals surface area contributed by atoms with E-state index in [-0.39, 0.29) is 30.1 Å². The van der Waals surface area contributed by atoms with Crippen molar-refractivity contribution >= 4 is 34.1 Å². The summed E-state index contributed by atoms with van der Waals surface area (Å²) in [4.78, 5) is 32.3. The van der Waals surface area contributed by atoms with Crippen LogP contribution in [0.3, 0.4) is 0 Å². The van der Waals surface area contributed by atoms with Crippen molar-refractivity contribution in [2.75, 3.05) is 7.05 Å². The molecule has 0 saturated heterocycles. The number of para-hydroxylation sites is 1. The van der Waals surface area contributed by atoms with Gasteiger partial charge >= 0.3 is 0 Å². The maximum atomic E-state index is 13.9. The number of amides is 2. The predicted molar refractivity (Wildman–Crippen MR) is 141 cm³/mol. The summed E-state index contributed by atoms with van der Waals surface area (Å²) >= 11 is 1.58. The zero-order valence-electron chi connectivity index (χ0n) is 20.3. The quantitative estimate of drug-likeness (QED) is 0.327. The molecule has 1 saturated carbocycles. The van der Waals surface area contributed by atoms with E-state index in [4.69, 9.17) is 4.98 Å². The van der Waals surface area contributed by atoms with Crippen LogP contribution in [0.5, 0.6) is 0 Å². The van der Waals surface area contributed by atoms with E-state index < -0.39 is 0 Å². The lowest BCUT2D eigenvalue weighted by molar-refractivity contribution is -0.128. The van der Waals surface area contributed by atoms with Crippen molar-refractivity contribution in [1.29, 1.82) is 0 Å². The third kappa shape index (κ3) is 5.16. The molecule has 1 fully saturated rings. The van der Waals surface area contributed by atoms with E-state index in [0.717, 1.165) is 51.7 Å². The second kappa shape index (κ2) is 10.2. The second-order valence-electron chi connectivity index (χ2n) is 9.44. The van der Waals surface area contributed by atoms with E-state index in [1.165, 1.54) is 19.1 Å². The van der Waals surface area contributed by atoms with Crippen molar-refractivity contribution in [2.24, 2.45) is 5.92 Å². The molecule has 4 aromatic rings. The van der Waals surface area contributed by atoms with Gasteiger partial charge in [0.05, 0.1) is 23.7 Å². The van der Waals surface area contributed by atoms with Crippen LogP contribution < -0.4 is 5.32 Å². The van der Waals surface area contributed by atoms with Crippen LogP contribution in [0.2, 0.25) is 0 Å². The Morgan fingerprint density at radius 2 is 1.94 bits per heavy atom. The molecule has 1 N–H and O–H groups in total. The van der Waals surface area contributed by atoms with Crippen LogP contribution in [0.1, 0.15) is 42.5 Å². The molecule has 2 aromatic carbocycles. The van der Waals surface area contributed by atoms with Gasteiger partial charge in [0, 0.05) is 42.4 Å². The average Bonchev–Trinajstić information content (AvgIpc) is 3.56. The summed E-state index contributed by atoms with van der Waals surface area (Å²) in [6.07, 6.45) is 2.16. The maximum Gasteiger partial charge on any atom is 0.224 e. The summed E-state index contributed by atoms with van der Waals surface area (Å²) in [6.45, 7) is 1.88. The highest BCUT2D eigenvalue weighted by molar-refractivity contribution is 7.08. The molecule has 0 unspecified atom stereocenters. The molecule has 5 nitrogen and oxygen atoms in total. The molecular formula is C29H28FN3O2S. The highest BCUT2D eigenvalue weighted by Crippen LogP contribution is 2.41. The Kier molecular flexibility index (Phi) is 6.83. The van der Waals surface area contributed by atoms with Crippen LogP contribution in [-0.4, -0.2) is 28.7 Å². The van der Waals surface area contributed by atoms with Gasteiger partial charge in [-0.05, 0) is 59.5 Å². The first-order valence-electron chi connectivity index (χ1n) is 12.1. The lowest BCUT2D eigenvalue weighted by atomic mass is 9.94. The number of hydrogen-bond donors (Lipinski definition) is 1. The smallest absolute Gasteiger partial charge is 0.224 e. The molecule has 7 heteroatoms. The largest absolute Gasteiger partial charge is 0.349 e. The Balaban J connectivity index is 1.55. The van der Waals surface area contributed by atoms with Crippen LogP contribution in [0, 0.1) is 11.7 Å². The van der Waals surface area contributed by atoms with E-state index in [2.05, 4.69) is 5.32 Å². The van der Waals surface area contributed by atoms with E-state index in [1.807, 2.05) is 47.2 Å². The zero-order chi connectivity index (χ0) is 25.2. The van der Waals surface area contributed by atoms with Gasteiger partial charge in [0.15, 0.2) is 0 Å². The average molecular weight is 502 g/mol. The molecule has 2 aromatic heterocycles. The number of rotatable bonds is 8. The molecular weight excluding hydrogens is 473 g/mol. The first kappa shape index (κ1) is 24.1. The van der Waals surface area contributed by atoms with Crippen LogP contribution in [0.4, 0.5) is 4.39 Å². The second-order valence-corrected chi connectivity index (χ2v) is 10.2. The number of halogens is 1. The highest BCUT2D eigenvalue weighted by Gasteiger charge is 2.34. The molecule has 0 bridgehead atoms. The summed E-state index contributed by atoms with van der Waals surface area (Å²) in [5.74, 6) is -0.178. The minimum atomic E-state index is -0.303. The van der Waals surface area contributed by atoms with Crippen molar-refractivity contribution in [3.8, 4) is 11.3 Å². The van der Waals surface area contributed by atoms with Crippen LogP contribution in [0.15, 0.2) is 65.4 Å². The number of carbonyl (C=O) groups is 2. The fourth-order valence-corrected chi connectivity index (χ4v) is 5.31. The van der Waals surface area contributed by atoms with Crippen molar-refractivity contribution in [3.05, 3.63) is 87.9 Å². The predicted octanol–water partition coefficient (Wildman–Crippen LogP) is 5.89. The van der Waals surface area contributed by atoms with Crippen LogP contribution in [0.25, 0.3) is 22.2 Å². The Morgan fingerprint density at radius 3 is 2.64 bits per heavy atom. The number of benzene rings is 2. The molecule has 0 aliphatic heterocycles. The number of hydrogen-bond acceptors (Lipinski definition) is 4. The van der Waals surface area contributed by atoms with E-state index in [9.17, 15) is 14.0 Å². The van der Waals surface area contributed by atoms with Crippen LogP contribution in [-0.2, 0) is 22.6 Å². The van der Waals surface area contributed by atoms with E-state index in [0.29, 0.717) is 12.5 Å². The third-order valence-electron chi connectivity index (χ3n) is 6.79. The van der Waals surface area contributed by atoms with Gasteiger partial charge in [-0.25, -0.2) is 9.37 Å². The van der Waals surface area contributed by atoms with Gasteiger partial charge in [-0.1, -0.05) is 30.3 Å². The summed E-state index contributed by atoms with van der Waals surface area (Å²) in [6, 6.07) is 16.1.